The third-order valence-corrected chi connectivity index (χ3v) is 4.11. The molecule has 18 heavy (non-hydrogen) atoms. The third-order valence-electron chi connectivity index (χ3n) is 4.11. The lowest BCUT2D eigenvalue weighted by Crippen LogP contribution is -2.41. The minimum Gasteiger partial charge on any atom is -0.352 e. The van der Waals surface area contributed by atoms with Crippen LogP contribution >= 0.6 is 0 Å². The number of carbonyl (C=O) groups excluding carboxylic acids is 1. The first kappa shape index (κ1) is 15.5. The van der Waals surface area contributed by atoms with E-state index in [9.17, 15) is 4.79 Å². The molecule has 0 aromatic carbocycles. The number of nitrogens with one attached hydrogen (secondary N) is 2. The quantitative estimate of drug-likeness (QED) is 0.654. The van der Waals surface area contributed by atoms with Crippen LogP contribution in [0.2, 0.25) is 0 Å². The monoisotopic (exact) mass is 254 g/mol. The number of carbonyl (C=O) groups is 1. The molecular formula is C15H30N2O. The molecule has 1 aliphatic rings. The van der Waals surface area contributed by atoms with Crippen molar-refractivity contribution in [3.8, 4) is 0 Å². The lowest BCUT2D eigenvalue weighted by Gasteiger charge is -2.17. The predicted octanol–water partition coefficient (Wildman–Crippen LogP) is 2.71. The fraction of sp³-hybridized carbons (Fsp3) is 0.933. The molecule has 1 fully saturated rings. The zero-order valence-corrected chi connectivity index (χ0v) is 12.3. The summed E-state index contributed by atoms with van der Waals surface area (Å²) in [6.07, 6.45) is 8.23. The predicted molar refractivity (Wildman–Crippen MR) is 76.5 cm³/mol. The summed E-state index contributed by atoms with van der Waals surface area (Å²) < 4.78 is 0. The molecule has 1 saturated carbocycles. The third kappa shape index (κ3) is 6.39. The Bertz CT molecular complexity index is 235. The Morgan fingerprint density at radius 1 is 1.22 bits per heavy atom. The van der Waals surface area contributed by atoms with E-state index in [1.807, 2.05) is 0 Å². The molecule has 3 heteroatoms. The Labute approximate surface area is 112 Å². The maximum absolute atomic E-state index is 11.6. The van der Waals surface area contributed by atoms with Crippen LogP contribution in [0.3, 0.4) is 0 Å². The molecule has 106 valence electrons. The van der Waals surface area contributed by atoms with E-state index in [2.05, 4.69) is 31.4 Å². The lowest BCUT2D eigenvalue weighted by atomic mass is 10.0. The molecule has 3 nitrogen and oxygen atoms in total. The highest BCUT2D eigenvalue weighted by Gasteiger charge is 2.14. The Morgan fingerprint density at radius 3 is 2.50 bits per heavy atom. The Morgan fingerprint density at radius 2 is 1.89 bits per heavy atom. The van der Waals surface area contributed by atoms with Crippen molar-refractivity contribution in [3.05, 3.63) is 0 Å². The van der Waals surface area contributed by atoms with E-state index in [0.29, 0.717) is 12.5 Å². The molecule has 1 amide bonds. The summed E-state index contributed by atoms with van der Waals surface area (Å²) in [5, 5.41) is 6.25. The van der Waals surface area contributed by atoms with Crippen LogP contribution in [0.15, 0.2) is 0 Å². The second kappa shape index (κ2) is 8.52. The van der Waals surface area contributed by atoms with Crippen molar-refractivity contribution in [1.82, 2.24) is 10.6 Å². The average molecular weight is 254 g/mol. The topological polar surface area (TPSA) is 41.1 Å². The molecule has 0 aromatic rings. The normalized spacial score (nSPS) is 18.2. The van der Waals surface area contributed by atoms with Crippen molar-refractivity contribution in [2.45, 2.75) is 65.3 Å². The van der Waals surface area contributed by atoms with Crippen molar-refractivity contribution in [2.75, 3.05) is 13.1 Å². The SMILES string of the molecule is CC(C)C(C)NC(=O)CNCCCC1CCCC1. The molecule has 0 heterocycles. The summed E-state index contributed by atoms with van der Waals surface area (Å²) in [6.45, 7) is 7.74. The number of hydrogen-bond donors (Lipinski definition) is 2. The number of amides is 1. The molecule has 1 rings (SSSR count). The van der Waals surface area contributed by atoms with Crippen molar-refractivity contribution in [3.63, 3.8) is 0 Å². The minimum atomic E-state index is 0.122. The fourth-order valence-corrected chi connectivity index (χ4v) is 2.49. The molecule has 0 aliphatic heterocycles. The maximum atomic E-state index is 11.6. The number of hydrogen-bond acceptors (Lipinski definition) is 2. The maximum Gasteiger partial charge on any atom is 0.234 e. The molecule has 2 N–H and O–H groups in total. The van der Waals surface area contributed by atoms with E-state index in [4.69, 9.17) is 0 Å². The smallest absolute Gasteiger partial charge is 0.234 e. The average Bonchev–Trinajstić information content (AvgIpc) is 2.81. The minimum absolute atomic E-state index is 0.122. The molecule has 0 bridgehead atoms. The van der Waals surface area contributed by atoms with Crippen LogP contribution < -0.4 is 10.6 Å². The van der Waals surface area contributed by atoms with Crippen LogP contribution in [0.4, 0.5) is 0 Å². The van der Waals surface area contributed by atoms with Gasteiger partial charge in [0.2, 0.25) is 5.91 Å². The molecule has 1 atom stereocenters. The summed E-state index contributed by atoms with van der Waals surface area (Å²) >= 11 is 0. The van der Waals surface area contributed by atoms with Gasteiger partial charge in [0.25, 0.3) is 0 Å². The first-order chi connectivity index (χ1) is 8.59. The van der Waals surface area contributed by atoms with E-state index in [0.717, 1.165) is 12.5 Å². The van der Waals surface area contributed by atoms with Crippen LogP contribution in [0.25, 0.3) is 0 Å². The molecule has 1 aliphatic carbocycles. The molecule has 1 unspecified atom stereocenters. The van der Waals surface area contributed by atoms with Crippen LogP contribution in [-0.2, 0) is 4.79 Å². The lowest BCUT2D eigenvalue weighted by molar-refractivity contribution is -0.121. The highest BCUT2D eigenvalue weighted by Crippen LogP contribution is 2.28. The van der Waals surface area contributed by atoms with Crippen molar-refractivity contribution in [2.24, 2.45) is 11.8 Å². The Balaban J connectivity index is 1.95. The molecule has 0 aromatic heterocycles. The second-order valence-corrected chi connectivity index (χ2v) is 6.07. The molecule has 0 spiro atoms. The zero-order valence-electron chi connectivity index (χ0n) is 12.3. The van der Waals surface area contributed by atoms with Gasteiger partial charge in [-0.25, -0.2) is 0 Å². The van der Waals surface area contributed by atoms with E-state index in [1.54, 1.807) is 0 Å². The van der Waals surface area contributed by atoms with Gasteiger partial charge in [-0.2, -0.15) is 0 Å². The summed E-state index contributed by atoms with van der Waals surface area (Å²) in [5.74, 6) is 1.58. The van der Waals surface area contributed by atoms with Gasteiger partial charge < -0.3 is 10.6 Å². The van der Waals surface area contributed by atoms with Crippen LogP contribution in [0, 0.1) is 11.8 Å². The van der Waals surface area contributed by atoms with Gasteiger partial charge in [0.05, 0.1) is 6.54 Å². The molecule has 0 saturated heterocycles. The summed E-state index contributed by atoms with van der Waals surface area (Å²) in [6, 6.07) is 0.262. The van der Waals surface area contributed by atoms with E-state index in [1.165, 1.54) is 38.5 Å². The van der Waals surface area contributed by atoms with Crippen LogP contribution in [0.1, 0.15) is 59.3 Å². The standard InChI is InChI=1S/C15H30N2O/c1-12(2)13(3)17-15(18)11-16-10-6-9-14-7-4-5-8-14/h12-14,16H,4-11H2,1-3H3,(H,17,18). The van der Waals surface area contributed by atoms with Gasteiger partial charge in [-0.05, 0) is 38.1 Å². The first-order valence-corrected chi connectivity index (χ1v) is 7.59. The van der Waals surface area contributed by atoms with Crippen molar-refractivity contribution < 1.29 is 4.79 Å². The highest BCUT2D eigenvalue weighted by molar-refractivity contribution is 5.78. The second-order valence-electron chi connectivity index (χ2n) is 6.07. The zero-order chi connectivity index (χ0) is 13.4. The van der Waals surface area contributed by atoms with E-state index >= 15 is 0 Å². The molecule has 0 radical (unpaired) electrons. The van der Waals surface area contributed by atoms with Crippen LogP contribution in [0.5, 0.6) is 0 Å². The Kier molecular flexibility index (Phi) is 7.33. The van der Waals surface area contributed by atoms with Gasteiger partial charge in [-0.15, -0.1) is 0 Å². The fourth-order valence-electron chi connectivity index (χ4n) is 2.49. The highest BCUT2D eigenvalue weighted by atomic mass is 16.1. The van der Waals surface area contributed by atoms with Crippen molar-refractivity contribution >= 4 is 5.91 Å². The van der Waals surface area contributed by atoms with E-state index in [-0.39, 0.29) is 11.9 Å². The Hall–Kier alpha value is -0.570. The van der Waals surface area contributed by atoms with Gasteiger partial charge >= 0.3 is 0 Å². The van der Waals surface area contributed by atoms with Gasteiger partial charge in [0, 0.05) is 6.04 Å². The van der Waals surface area contributed by atoms with Crippen LogP contribution in [-0.4, -0.2) is 25.0 Å². The summed E-state index contributed by atoms with van der Waals surface area (Å²) in [5.41, 5.74) is 0. The number of rotatable bonds is 8. The van der Waals surface area contributed by atoms with Gasteiger partial charge in [0.1, 0.15) is 0 Å². The largest absolute Gasteiger partial charge is 0.352 e. The molecular weight excluding hydrogens is 224 g/mol. The first-order valence-electron chi connectivity index (χ1n) is 7.59. The van der Waals surface area contributed by atoms with Crippen molar-refractivity contribution in [1.29, 1.82) is 0 Å². The van der Waals surface area contributed by atoms with Gasteiger partial charge in [0.15, 0.2) is 0 Å². The summed E-state index contributed by atoms with van der Waals surface area (Å²) in [4.78, 5) is 11.6. The van der Waals surface area contributed by atoms with E-state index < -0.39 is 0 Å². The van der Waals surface area contributed by atoms with Gasteiger partial charge in [-0.3, -0.25) is 4.79 Å². The summed E-state index contributed by atoms with van der Waals surface area (Å²) in [7, 11) is 0. The van der Waals surface area contributed by atoms with Gasteiger partial charge in [-0.1, -0.05) is 39.5 Å².